The van der Waals surface area contributed by atoms with Gasteiger partial charge < -0.3 is 10.1 Å². The van der Waals surface area contributed by atoms with Crippen LogP contribution in [0.4, 0.5) is 5.82 Å². The van der Waals surface area contributed by atoms with Gasteiger partial charge in [0.1, 0.15) is 22.6 Å². The molecule has 0 bridgehead atoms. The van der Waals surface area contributed by atoms with E-state index >= 15 is 0 Å². The van der Waals surface area contributed by atoms with Gasteiger partial charge in [-0.15, -0.1) is 0 Å². The van der Waals surface area contributed by atoms with E-state index in [4.69, 9.17) is 4.74 Å². The summed E-state index contributed by atoms with van der Waals surface area (Å²) in [4.78, 5) is 4.22. The third-order valence-corrected chi connectivity index (χ3v) is 4.37. The number of benzene rings is 1. The van der Waals surface area contributed by atoms with Crippen molar-refractivity contribution in [1.82, 2.24) is 9.71 Å². The van der Waals surface area contributed by atoms with E-state index in [1.165, 1.54) is 19.3 Å². The number of nitrogens with one attached hydrogen (secondary N) is 2. The van der Waals surface area contributed by atoms with E-state index in [0.717, 1.165) is 5.75 Å². The van der Waals surface area contributed by atoms with Crippen LogP contribution in [-0.4, -0.2) is 33.1 Å². The molecule has 1 aromatic heterocycles. The zero-order valence-corrected chi connectivity index (χ0v) is 13.3. The molecule has 0 saturated carbocycles. The maximum Gasteiger partial charge on any atom is 0.241 e. The summed E-state index contributed by atoms with van der Waals surface area (Å²) in [6, 6.07) is 12.7. The molecule has 1 heterocycles. The first-order valence-corrected chi connectivity index (χ1v) is 8.35. The molecule has 6 nitrogen and oxygen atoms in total. The second kappa shape index (κ2) is 7.24. The molecule has 0 aliphatic heterocycles. The van der Waals surface area contributed by atoms with E-state index in [-0.39, 0.29) is 11.0 Å². The lowest BCUT2D eigenvalue weighted by Crippen LogP contribution is -2.23. The number of nitrogens with zero attached hydrogens (tertiary/aromatic N) is 1. The molecule has 0 amide bonds. The van der Waals surface area contributed by atoms with Crippen molar-refractivity contribution in [2.75, 3.05) is 18.9 Å². The van der Waals surface area contributed by atoms with Crippen molar-refractivity contribution in [3.8, 4) is 5.75 Å². The minimum atomic E-state index is -3.45. The van der Waals surface area contributed by atoms with Gasteiger partial charge in [0, 0.05) is 6.20 Å². The highest BCUT2D eigenvalue weighted by molar-refractivity contribution is 7.89. The SMILES string of the molecule is CNS(=O)(=O)c1ccc(NCC(C)Oc2ccccc2)nc1. The van der Waals surface area contributed by atoms with Gasteiger partial charge in [0.05, 0.1) is 6.54 Å². The maximum absolute atomic E-state index is 11.6. The van der Waals surface area contributed by atoms with E-state index in [2.05, 4.69) is 15.0 Å². The third kappa shape index (κ3) is 4.44. The number of sulfonamides is 1. The van der Waals surface area contributed by atoms with Crippen LogP contribution in [0.1, 0.15) is 6.92 Å². The van der Waals surface area contributed by atoms with Crippen LogP contribution >= 0.6 is 0 Å². The normalized spacial score (nSPS) is 12.6. The summed E-state index contributed by atoms with van der Waals surface area (Å²) in [7, 11) is -2.09. The second-order valence-corrected chi connectivity index (χ2v) is 6.60. The Balaban J connectivity index is 1.89. The minimum Gasteiger partial charge on any atom is -0.489 e. The highest BCUT2D eigenvalue weighted by Crippen LogP contribution is 2.12. The summed E-state index contributed by atoms with van der Waals surface area (Å²) in [6.07, 6.45) is 1.27. The van der Waals surface area contributed by atoms with Crippen molar-refractivity contribution in [2.24, 2.45) is 0 Å². The van der Waals surface area contributed by atoms with Crippen LogP contribution in [0, 0.1) is 0 Å². The Bertz CT molecular complexity index is 688. The van der Waals surface area contributed by atoms with Crippen molar-refractivity contribution in [2.45, 2.75) is 17.9 Å². The van der Waals surface area contributed by atoms with E-state index in [0.29, 0.717) is 12.4 Å². The van der Waals surface area contributed by atoms with Gasteiger partial charge in [0.15, 0.2) is 0 Å². The first-order chi connectivity index (χ1) is 10.5. The van der Waals surface area contributed by atoms with Crippen LogP contribution in [0.5, 0.6) is 5.75 Å². The summed E-state index contributed by atoms with van der Waals surface area (Å²) >= 11 is 0. The number of ether oxygens (including phenoxy) is 1. The van der Waals surface area contributed by atoms with Crippen LogP contribution < -0.4 is 14.8 Å². The first-order valence-electron chi connectivity index (χ1n) is 6.86. The Morgan fingerprint density at radius 2 is 1.91 bits per heavy atom. The lowest BCUT2D eigenvalue weighted by atomic mass is 10.3. The van der Waals surface area contributed by atoms with Crippen LogP contribution in [0.25, 0.3) is 0 Å². The first kappa shape index (κ1) is 16.3. The lowest BCUT2D eigenvalue weighted by molar-refractivity contribution is 0.234. The van der Waals surface area contributed by atoms with Gasteiger partial charge in [-0.05, 0) is 38.2 Å². The predicted octanol–water partition coefficient (Wildman–Crippen LogP) is 1.87. The molecule has 2 aromatic rings. The van der Waals surface area contributed by atoms with Crippen molar-refractivity contribution < 1.29 is 13.2 Å². The van der Waals surface area contributed by atoms with Gasteiger partial charge in [0.2, 0.25) is 10.0 Å². The summed E-state index contributed by atoms with van der Waals surface area (Å²) in [6.45, 7) is 2.50. The molecule has 1 unspecified atom stereocenters. The molecular weight excluding hydrogens is 302 g/mol. The third-order valence-electron chi connectivity index (χ3n) is 2.97. The van der Waals surface area contributed by atoms with Gasteiger partial charge in [-0.25, -0.2) is 18.1 Å². The van der Waals surface area contributed by atoms with Crippen LogP contribution in [0.2, 0.25) is 0 Å². The van der Waals surface area contributed by atoms with Gasteiger partial charge in [-0.2, -0.15) is 0 Å². The second-order valence-electron chi connectivity index (χ2n) is 4.71. The van der Waals surface area contributed by atoms with Crippen LogP contribution in [0.3, 0.4) is 0 Å². The molecule has 118 valence electrons. The van der Waals surface area contributed by atoms with Gasteiger partial charge in [-0.1, -0.05) is 18.2 Å². The standard InChI is InChI=1S/C15H19N3O3S/c1-12(21-13-6-4-3-5-7-13)10-17-15-9-8-14(11-18-15)22(19,20)16-2/h3-9,11-12,16H,10H2,1-2H3,(H,17,18). The minimum absolute atomic E-state index is 0.0510. The fraction of sp³-hybridized carbons (Fsp3) is 0.267. The van der Waals surface area contributed by atoms with Gasteiger partial charge in [-0.3, -0.25) is 0 Å². The molecule has 1 aromatic carbocycles. The number of pyridine rings is 1. The van der Waals surface area contributed by atoms with Crippen molar-refractivity contribution in [1.29, 1.82) is 0 Å². The molecule has 0 spiro atoms. The highest BCUT2D eigenvalue weighted by atomic mass is 32.2. The molecule has 0 fully saturated rings. The Hall–Kier alpha value is -2.12. The topological polar surface area (TPSA) is 80.3 Å². The van der Waals surface area contributed by atoms with Crippen molar-refractivity contribution >= 4 is 15.8 Å². The molecular formula is C15H19N3O3S. The molecule has 7 heteroatoms. The fourth-order valence-electron chi connectivity index (χ4n) is 1.78. The van der Waals surface area contributed by atoms with E-state index in [1.54, 1.807) is 6.07 Å². The monoisotopic (exact) mass is 321 g/mol. The predicted molar refractivity (Wildman–Crippen MR) is 85.5 cm³/mol. The van der Waals surface area contributed by atoms with Crippen molar-refractivity contribution in [3.63, 3.8) is 0 Å². The smallest absolute Gasteiger partial charge is 0.241 e. The molecule has 0 aliphatic carbocycles. The zero-order chi connectivity index (χ0) is 16.0. The molecule has 1 atom stereocenters. The average molecular weight is 321 g/mol. The Kier molecular flexibility index (Phi) is 5.35. The Labute approximate surface area is 130 Å². The summed E-state index contributed by atoms with van der Waals surface area (Å²) in [5.74, 6) is 1.40. The van der Waals surface area contributed by atoms with Gasteiger partial charge >= 0.3 is 0 Å². The zero-order valence-electron chi connectivity index (χ0n) is 12.5. The van der Waals surface area contributed by atoms with E-state index < -0.39 is 10.0 Å². The van der Waals surface area contributed by atoms with E-state index in [9.17, 15) is 8.42 Å². The quantitative estimate of drug-likeness (QED) is 0.814. The lowest BCUT2D eigenvalue weighted by Gasteiger charge is -2.15. The molecule has 0 radical (unpaired) electrons. The Morgan fingerprint density at radius 1 is 1.18 bits per heavy atom. The van der Waals surface area contributed by atoms with E-state index in [1.807, 2.05) is 37.3 Å². The number of para-hydroxylation sites is 1. The molecule has 2 N–H and O–H groups in total. The fourth-order valence-corrected chi connectivity index (χ4v) is 2.46. The summed E-state index contributed by atoms with van der Waals surface area (Å²) in [5, 5.41) is 3.11. The maximum atomic E-state index is 11.6. The van der Waals surface area contributed by atoms with Crippen LogP contribution in [0.15, 0.2) is 53.6 Å². The number of rotatable bonds is 7. The molecule has 2 rings (SSSR count). The Morgan fingerprint density at radius 3 is 2.50 bits per heavy atom. The number of anilines is 1. The highest BCUT2D eigenvalue weighted by Gasteiger charge is 2.11. The number of hydrogen-bond donors (Lipinski definition) is 2. The number of hydrogen-bond acceptors (Lipinski definition) is 5. The van der Waals surface area contributed by atoms with Crippen molar-refractivity contribution in [3.05, 3.63) is 48.7 Å². The van der Waals surface area contributed by atoms with Gasteiger partial charge in [0.25, 0.3) is 0 Å². The molecule has 0 aliphatic rings. The molecule has 0 saturated heterocycles. The summed E-state index contributed by atoms with van der Waals surface area (Å²) in [5.41, 5.74) is 0. The summed E-state index contributed by atoms with van der Waals surface area (Å²) < 4.78 is 31.2. The largest absolute Gasteiger partial charge is 0.489 e. The molecule has 22 heavy (non-hydrogen) atoms. The number of aromatic nitrogens is 1. The van der Waals surface area contributed by atoms with Crippen LogP contribution in [-0.2, 0) is 10.0 Å². The average Bonchev–Trinajstić information content (AvgIpc) is 2.54.